The number of benzene rings is 1. The number of nitrogens with two attached hydrogens (primary N) is 1. The van der Waals surface area contributed by atoms with E-state index in [1.165, 1.54) is 12.7 Å². The van der Waals surface area contributed by atoms with E-state index in [1.54, 1.807) is 0 Å². The van der Waals surface area contributed by atoms with Gasteiger partial charge >= 0.3 is 5.97 Å². The van der Waals surface area contributed by atoms with Crippen LogP contribution in [0.2, 0.25) is 5.02 Å². The van der Waals surface area contributed by atoms with Crippen molar-refractivity contribution >= 4 is 23.5 Å². The minimum Gasteiger partial charge on any atom is -0.465 e. The summed E-state index contributed by atoms with van der Waals surface area (Å²) in [6.07, 6.45) is 5.35. The van der Waals surface area contributed by atoms with Gasteiger partial charge in [0.05, 0.1) is 7.11 Å². The number of ether oxygens (including phenoxy) is 1. The Morgan fingerprint density at radius 1 is 1.24 bits per heavy atom. The molecule has 1 aliphatic heterocycles. The van der Waals surface area contributed by atoms with Gasteiger partial charge in [-0.05, 0) is 55.7 Å². The zero-order chi connectivity index (χ0) is 21.0. The molecule has 0 unspecified atom stereocenters. The maximum atomic E-state index is 13.2. The first-order chi connectivity index (χ1) is 13.9. The second-order valence-electron chi connectivity index (χ2n) is 8.48. The highest BCUT2D eigenvalue weighted by Gasteiger charge is 2.44. The summed E-state index contributed by atoms with van der Waals surface area (Å²) in [6.45, 7) is 4.84. The number of halogens is 1. The predicted molar refractivity (Wildman–Crippen MR) is 113 cm³/mol. The second-order valence-corrected chi connectivity index (χ2v) is 8.92. The molecule has 6 heteroatoms. The van der Waals surface area contributed by atoms with Crippen LogP contribution in [0, 0.1) is 5.92 Å². The van der Waals surface area contributed by atoms with Gasteiger partial charge in [-0.3, -0.25) is 9.69 Å². The van der Waals surface area contributed by atoms with E-state index in [4.69, 9.17) is 16.3 Å². The van der Waals surface area contributed by atoms with Gasteiger partial charge < -0.3 is 10.1 Å². The molecule has 2 N–H and O–H groups in total. The number of hydrogen-bond acceptors (Lipinski definition) is 3. The first-order valence-electron chi connectivity index (χ1n) is 10.6. The van der Waals surface area contributed by atoms with Crippen molar-refractivity contribution in [2.75, 3.05) is 13.7 Å². The van der Waals surface area contributed by atoms with Crippen molar-refractivity contribution in [3.63, 3.8) is 0 Å². The van der Waals surface area contributed by atoms with Gasteiger partial charge in [0.15, 0.2) is 12.2 Å². The van der Waals surface area contributed by atoms with Crippen LogP contribution >= 0.6 is 11.6 Å². The largest absolute Gasteiger partial charge is 0.465 e. The molecule has 0 fully saturated rings. The van der Waals surface area contributed by atoms with E-state index in [-0.39, 0.29) is 24.1 Å². The third-order valence-corrected chi connectivity index (χ3v) is 6.17. The summed E-state index contributed by atoms with van der Waals surface area (Å²) in [4.78, 5) is 27.5. The molecule has 0 spiro atoms. The molecule has 0 saturated heterocycles. The van der Waals surface area contributed by atoms with Crippen LogP contribution in [0.4, 0.5) is 0 Å². The first-order valence-corrected chi connectivity index (χ1v) is 11.0. The number of rotatable bonds is 8. The van der Waals surface area contributed by atoms with Crippen LogP contribution < -0.4 is 5.32 Å². The molecule has 5 nitrogen and oxygen atoms in total. The lowest BCUT2D eigenvalue weighted by molar-refractivity contribution is -0.718. The predicted octanol–water partition coefficient (Wildman–Crippen LogP) is 3.07. The third-order valence-electron chi connectivity index (χ3n) is 5.92. The van der Waals surface area contributed by atoms with E-state index >= 15 is 0 Å². The Bertz CT molecular complexity index is 773. The van der Waals surface area contributed by atoms with Crippen molar-refractivity contribution in [1.82, 2.24) is 4.90 Å². The van der Waals surface area contributed by atoms with Crippen LogP contribution in [0.5, 0.6) is 0 Å². The molecule has 0 aromatic heterocycles. The molecule has 29 heavy (non-hydrogen) atoms. The highest BCUT2D eigenvalue weighted by atomic mass is 35.5. The summed E-state index contributed by atoms with van der Waals surface area (Å²) in [6, 6.07) is 7.47. The van der Waals surface area contributed by atoms with Crippen LogP contribution in [0.3, 0.4) is 0 Å². The zero-order valence-electron chi connectivity index (χ0n) is 17.6. The Morgan fingerprint density at radius 2 is 1.93 bits per heavy atom. The fourth-order valence-electron chi connectivity index (χ4n) is 4.48. The lowest BCUT2D eigenvalue weighted by Gasteiger charge is -2.28. The molecule has 1 aromatic carbocycles. The lowest BCUT2D eigenvalue weighted by Crippen LogP contribution is -2.99. The maximum absolute atomic E-state index is 13.2. The summed E-state index contributed by atoms with van der Waals surface area (Å²) >= 11 is 5.99. The van der Waals surface area contributed by atoms with Crippen molar-refractivity contribution in [2.45, 2.75) is 64.6 Å². The highest BCUT2D eigenvalue weighted by Crippen LogP contribution is 2.34. The average molecular weight is 420 g/mol. The third kappa shape index (κ3) is 5.20. The van der Waals surface area contributed by atoms with Crippen LogP contribution in [-0.4, -0.2) is 42.6 Å². The molecule has 1 aliphatic carbocycles. The average Bonchev–Trinajstić information content (AvgIpc) is 2.98. The summed E-state index contributed by atoms with van der Waals surface area (Å²) in [5.74, 6) is 0.298. The molecule has 0 saturated carbocycles. The van der Waals surface area contributed by atoms with Gasteiger partial charge in [0.1, 0.15) is 0 Å². The molecule has 0 radical (unpaired) electrons. The summed E-state index contributed by atoms with van der Waals surface area (Å²) in [7, 11) is 1.44. The van der Waals surface area contributed by atoms with Gasteiger partial charge in [0.25, 0.3) is 5.91 Å². The highest BCUT2D eigenvalue weighted by molar-refractivity contribution is 6.30. The SMILES string of the molecule is COC(=O)[C@@H](CC(C)C)[NH2+][C@@H]1C2=C(CCCC2)C(=O)N1CCc1ccc(Cl)cc1. The molecule has 2 atom stereocenters. The Labute approximate surface area is 178 Å². The fourth-order valence-corrected chi connectivity index (χ4v) is 4.61. The second kappa shape index (κ2) is 9.77. The zero-order valence-corrected chi connectivity index (χ0v) is 18.4. The van der Waals surface area contributed by atoms with Crippen molar-refractivity contribution < 1.29 is 19.6 Å². The molecule has 1 amide bonds. The fraction of sp³-hybridized carbons (Fsp3) is 0.565. The van der Waals surface area contributed by atoms with Gasteiger partial charge in [0.2, 0.25) is 0 Å². The standard InChI is InChI=1S/C23H31ClN2O3/c1-15(2)14-20(23(28)29-3)25-21-18-6-4-5-7-19(18)22(27)26(21)13-12-16-8-10-17(24)11-9-16/h8-11,15,20-21,25H,4-7,12-14H2,1-3H3/p+1/t20-,21+/m1/s1. The number of hydrogen-bond donors (Lipinski definition) is 1. The molecule has 158 valence electrons. The number of carbonyl (C=O) groups excluding carboxylic acids is 2. The Morgan fingerprint density at radius 3 is 2.59 bits per heavy atom. The normalized spacial score (nSPS) is 20.2. The van der Waals surface area contributed by atoms with Gasteiger partial charge in [-0.1, -0.05) is 37.6 Å². The Hall–Kier alpha value is -1.85. The number of methoxy groups -OCH3 is 1. The van der Waals surface area contributed by atoms with E-state index in [1.807, 2.05) is 29.2 Å². The van der Waals surface area contributed by atoms with Gasteiger partial charge in [0, 0.05) is 29.1 Å². The molecule has 1 aromatic rings. The molecule has 0 bridgehead atoms. The Kier molecular flexibility index (Phi) is 7.36. The lowest BCUT2D eigenvalue weighted by atomic mass is 9.92. The maximum Gasteiger partial charge on any atom is 0.364 e. The number of nitrogens with zero attached hydrogens (tertiary/aromatic N) is 1. The smallest absolute Gasteiger partial charge is 0.364 e. The van der Waals surface area contributed by atoms with Crippen LogP contribution in [-0.2, 0) is 20.7 Å². The van der Waals surface area contributed by atoms with Crippen molar-refractivity contribution in [2.24, 2.45) is 5.92 Å². The van der Waals surface area contributed by atoms with Crippen molar-refractivity contribution in [3.05, 3.63) is 46.0 Å². The van der Waals surface area contributed by atoms with E-state index in [0.717, 1.165) is 49.7 Å². The molecule has 1 heterocycles. The minimum atomic E-state index is -0.301. The van der Waals surface area contributed by atoms with E-state index in [9.17, 15) is 9.59 Å². The topological polar surface area (TPSA) is 63.2 Å². The van der Waals surface area contributed by atoms with Crippen molar-refractivity contribution in [1.29, 1.82) is 0 Å². The quantitative estimate of drug-likeness (QED) is 0.658. The summed E-state index contributed by atoms with van der Waals surface area (Å²) < 4.78 is 5.06. The number of carbonyl (C=O) groups is 2. The number of amides is 1. The minimum absolute atomic E-state index is 0.104. The van der Waals surface area contributed by atoms with Gasteiger partial charge in [-0.2, -0.15) is 0 Å². The van der Waals surface area contributed by atoms with Crippen LogP contribution in [0.15, 0.2) is 35.4 Å². The van der Waals surface area contributed by atoms with Crippen molar-refractivity contribution in [3.8, 4) is 0 Å². The summed E-state index contributed by atoms with van der Waals surface area (Å²) in [5.41, 5.74) is 3.34. The molecule has 2 aliphatic rings. The summed E-state index contributed by atoms with van der Waals surface area (Å²) in [5, 5.41) is 2.78. The first kappa shape index (κ1) is 21.8. The van der Waals surface area contributed by atoms with E-state index in [0.29, 0.717) is 17.5 Å². The van der Waals surface area contributed by atoms with Crippen LogP contribution in [0.1, 0.15) is 51.5 Å². The number of esters is 1. The van der Waals surface area contributed by atoms with E-state index < -0.39 is 0 Å². The van der Waals surface area contributed by atoms with Crippen LogP contribution in [0.25, 0.3) is 0 Å². The molecular formula is C23H32ClN2O3+. The van der Waals surface area contributed by atoms with Gasteiger partial charge in [-0.25, -0.2) is 4.79 Å². The van der Waals surface area contributed by atoms with E-state index in [2.05, 4.69) is 19.2 Å². The monoisotopic (exact) mass is 419 g/mol. The molecular weight excluding hydrogens is 388 g/mol. The van der Waals surface area contributed by atoms with Gasteiger partial charge in [-0.15, -0.1) is 0 Å². The molecule has 3 rings (SSSR count). The Balaban J connectivity index is 1.80. The number of quaternary nitrogens is 1.